The van der Waals surface area contributed by atoms with Gasteiger partial charge in [0.05, 0.1) is 34.7 Å². The third-order valence-corrected chi connectivity index (χ3v) is 14.8. The van der Waals surface area contributed by atoms with E-state index in [4.69, 9.17) is 25.8 Å². The van der Waals surface area contributed by atoms with E-state index in [0.29, 0.717) is 30.6 Å². The van der Waals surface area contributed by atoms with E-state index in [9.17, 15) is 9.00 Å². The van der Waals surface area contributed by atoms with Crippen molar-refractivity contribution < 1.29 is 23.2 Å². The summed E-state index contributed by atoms with van der Waals surface area (Å²) in [6.07, 6.45) is 8.14. The minimum Gasteiger partial charge on any atom is -0.490 e. The fourth-order valence-electron chi connectivity index (χ4n) is 9.27. The van der Waals surface area contributed by atoms with Gasteiger partial charge >= 0.3 is 0 Å². The van der Waals surface area contributed by atoms with Crippen molar-refractivity contribution >= 4 is 38.8 Å². The summed E-state index contributed by atoms with van der Waals surface area (Å²) >= 11 is 6.49. The fourth-order valence-corrected chi connectivity index (χ4v) is 11.0. The van der Waals surface area contributed by atoms with E-state index in [-0.39, 0.29) is 40.8 Å². The SMILES string of the molecule is C=S1(=O)NC(=O)c2ccc3c(c2)N(C[C@@H]2CC[C@H]2[C@@H]([C@@H]2OC[C@@H](CN(C)C)O2)CCC[C@H](C)[C@H]1C)C[C@@]1(CCCc2cc(Cl)ccc21)CO3. The predicted molar refractivity (Wildman–Crippen MR) is 198 cm³/mol. The number of likely N-dealkylation sites (N-methyl/N-ethyl adjacent to an activating group) is 1. The van der Waals surface area contributed by atoms with Crippen molar-refractivity contribution in [1.29, 1.82) is 0 Å². The molecule has 3 aliphatic heterocycles. The first-order valence-corrected chi connectivity index (χ1v) is 20.5. The number of ether oxygens (including phenoxy) is 3. The minimum absolute atomic E-state index is 0.0741. The van der Waals surface area contributed by atoms with Crippen LogP contribution in [-0.4, -0.2) is 85.5 Å². The standard InChI is InChI=1S/C39H54ClN3O5S/c1-25-8-6-10-33(38-46-22-31(48-38)21-42(3)4)32-14-11-29(32)20-43-23-39(17-7-9-27-18-30(40)13-15-34(27)39)24-47-36-16-12-28(19-35(36)43)37(44)41-49(5,45)26(25)2/h12-13,15-16,18-19,25-26,29,31-33,38H,5-11,14,17,20-24H2,1-4H3,(H,41,44,45)/t25-,26+,29-,31+,32+,33-,38+,39-,49?/m0/s1. The van der Waals surface area contributed by atoms with Crippen LogP contribution in [0, 0.1) is 23.7 Å². The second kappa shape index (κ2) is 14.0. The van der Waals surface area contributed by atoms with Crippen molar-refractivity contribution in [3.05, 3.63) is 58.1 Å². The molecular formula is C39H54ClN3O5S. The molecule has 1 spiro atoms. The molecule has 1 N–H and O–H groups in total. The third-order valence-electron chi connectivity index (χ3n) is 12.3. The summed E-state index contributed by atoms with van der Waals surface area (Å²) in [6, 6.07) is 12.0. The molecule has 5 aliphatic rings. The van der Waals surface area contributed by atoms with Gasteiger partial charge in [-0.1, -0.05) is 31.0 Å². The molecule has 2 aromatic rings. The van der Waals surface area contributed by atoms with Gasteiger partial charge in [0.1, 0.15) is 5.75 Å². The Morgan fingerprint density at radius 2 is 1.92 bits per heavy atom. The van der Waals surface area contributed by atoms with Gasteiger partial charge in [0.2, 0.25) is 0 Å². The molecule has 0 radical (unpaired) electrons. The molecule has 0 aromatic heterocycles. The van der Waals surface area contributed by atoms with E-state index < -0.39 is 9.71 Å². The van der Waals surface area contributed by atoms with E-state index in [1.165, 1.54) is 11.1 Å². The Kier molecular flexibility index (Phi) is 10.0. The number of anilines is 1. The number of carbonyl (C=O) groups is 1. The largest absolute Gasteiger partial charge is 0.490 e. The molecule has 2 fully saturated rings. The molecule has 7 rings (SSSR count). The summed E-state index contributed by atoms with van der Waals surface area (Å²) in [5.74, 6) is 5.83. The second-order valence-corrected chi connectivity index (χ2v) is 18.8. The highest BCUT2D eigenvalue weighted by molar-refractivity contribution is 7.99. The lowest BCUT2D eigenvalue weighted by Gasteiger charge is -2.47. The van der Waals surface area contributed by atoms with Gasteiger partial charge in [0, 0.05) is 46.8 Å². The number of nitrogens with zero attached hydrogens (tertiary/aromatic N) is 2. The second-order valence-electron chi connectivity index (χ2n) is 15.9. The Bertz CT molecular complexity index is 1650. The molecule has 3 heterocycles. The highest BCUT2D eigenvalue weighted by atomic mass is 35.5. The molecule has 49 heavy (non-hydrogen) atoms. The van der Waals surface area contributed by atoms with Crippen LogP contribution in [0.4, 0.5) is 5.69 Å². The molecule has 1 saturated heterocycles. The van der Waals surface area contributed by atoms with Gasteiger partial charge in [-0.15, -0.1) is 0 Å². The number of rotatable bonds is 3. The monoisotopic (exact) mass is 711 g/mol. The molecule has 2 aromatic carbocycles. The minimum atomic E-state index is -2.90. The van der Waals surface area contributed by atoms with Crippen LogP contribution < -0.4 is 14.4 Å². The van der Waals surface area contributed by atoms with Crippen molar-refractivity contribution in [3.8, 4) is 5.75 Å². The molecule has 1 unspecified atom stereocenters. The Morgan fingerprint density at radius 1 is 1.08 bits per heavy atom. The van der Waals surface area contributed by atoms with Crippen molar-refractivity contribution in [3.63, 3.8) is 0 Å². The molecule has 8 nitrogen and oxygen atoms in total. The topological polar surface area (TPSA) is 80.3 Å². The molecule has 1 amide bonds. The number of hydrogen-bond donors (Lipinski definition) is 1. The summed E-state index contributed by atoms with van der Waals surface area (Å²) in [4.78, 5) is 18.4. The third kappa shape index (κ3) is 7.12. The van der Waals surface area contributed by atoms with Crippen LogP contribution in [0.3, 0.4) is 0 Å². The number of hydrogen-bond acceptors (Lipinski definition) is 7. The average Bonchev–Trinajstić information content (AvgIpc) is 3.44. The first kappa shape index (κ1) is 35.1. The van der Waals surface area contributed by atoms with Crippen molar-refractivity contribution in [2.75, 3.05) is 51.8 Å². The first-order chi connectivity index (χ1) is 23.4. The smallest absolute Gasteiger partial charge is 0.262 e. The van der Waals surface area contributed by atoms with Crippen molar-refractivity contribution in [2.45, 2.75) is 88.3 Å². The molecule has 268 valence electrons. The van der Waals surface area contributed by atoms with Crippen LogP contribution in [0.15, 0.2) is 36.4 Å². The first-order valence-electron chi connectivity index (χ1n) is 18.3. The van der Waals surface area contributed by atoms with Gasteiger partial charge in [-0.2, -0.15) is 0 Å². The zero-order valence-corrected chi connectivity index (χ0v) is 31.2. The van der Waals surface area contributed by atoms with E-state index in [1.807, 2.05) is 25.1 Å². The van der Waals surface area contributed by atoms with E-state index >= 15 is 0 Å². The summed E-state index contributed by atoms with van der Waals surface area (Å²) < 4.78 is 36.6. The highest BCUT2D eigenvalue weighted by Gasteiger charge is 2.47. The molecule has 2 aliphatic carbocycles. The van der Waals surface area contributed by atoms with Gasteiger partial charge in [0.15, 0.2) is 6.29 Å². The quantitative estimate of drug-likeness (QED) is 0.373. The maximum Gasteiger partial charge on any atom is 0.262 e. The number of nitrogens with one attached hydrogen (secondary N) is 1. The lowest BCUT2D eigenvalue weighted by atomic mass is 9.64. The summed E-state index contributed by atoms with van der Waals surface area (Å²) in [5.41, 5.74) is 3.83. The lowest BCUT2D eigenvalue weighted by molar-refractivity contribution is -0.134. The molecule has 1 saturated carbocycles. The van der Waals surface area contributed by atoms with Crippen LogP contribution >= 0.6 is 11.6 Å². The molecule has 9 atom stereocenters. The number of fused-ring (bicyclic) bond motifs is 4. The van der Waals surface area contributed by atoms with Gasteiger partial charge < -0.3 is 24.0 Å². The van der Waals surface area contributed by atoms with Gasteiger partial charge in [-0.25, -0.2) is 4.21 Å². The van der Waals surface area contributed by atoms with Crippen LogP contribution in [0.2, 0.25) is 5.02 Å². The maximum atomic E-state index is 13.9. The molecule has 10 heteroatoms. The summed E-state index contributed by atoms with van der Waals surface area (Å²) in [7, 11) is 1.26. The molecule has 2 bridgehead atoms. The van der Waals surface area contributed by atoms with Gasteiger partial charge in [0.25, 0.3) is 5.91 Å². The van der Waals surface area contributed by atoms with Crippen LogP contribution in [0.1, 0.15) is 80.3 Å². The van der Waals surface area contributed by atoms with Crippen LogP contribution in [-0.2, 0) is 31.0 Å². The number of benzene rings is 2. The maximum absolute atomic E-state index is 13.9. The van der Waals surface area contributed by atoms with E-state index in [2.05, 4.69) is 53.5 Å². The fraction of sp³-hybridized carbons (Fsp3) is 0.641. The van der Waals surface area contributed by atoms with Crippen molar-refractivity contribution in [2.24, 2.45) is 23.7 Å². The van der Waals surface area contributed by atoms with Gasteiger partial charge in [-0.05, 0) is 131 Å². The highest BCUT2D eigenvalue weighted by Crippen LogP contribution is 2.49. The number of carbonyl (C=O) groups excluding carboxylic acids is 1. The van der Waals surface area contributed by atoms with E-state index in [1.54, 1.807) is 6.07 Å². The Balaban J connectivity index is 1.27. The van der Waals surface area contributed by atoms with Crippen LogP contribution in [0.25, 0.3) is 0 Å². The molecular weight excluding hydrogens is 658 g/mol. The predicted octanol–water partition coefficient (Wildman–Crippen LogP) is 6.33. The zero-order chi connectivity index (χ0) is 34.5. The Hall–Kier alpha value is -2.30. The number of amides is 1. The normalized spacial score (nSPS) is 36.7. The van der Waals surface area contributed by atoms with Gasteiger partial charge in [-0.3, -0.25) is 9.52 Å². The average molecular weight is 712 g/mol. The number of aryl methyl sites for hydroxylation is 1. The number of halogens is 1. The Morgan fingerprint density at radius 3 is 2.69 bits per heavy atom. The summed E-state index contributed by atoms with van der Waals surface area (Å²) in [6.45, 7) is 7.77. The lowest BCUT2D eigenvalue weighted by Crippen LogP contribution is -2.50. The summed E-state index contributed by atoms with van der Waals surface area (Å²) in [5, 5.41) is 0.496. The Labute approximate surface area is 298 Å². The van der Waals surface area contributed by atoms with E-state index in [0.717, 1.165) is 87.5 Å². The van der Waals surface area contributed by atoms with Crippen molar-refractivity contribution in [1.82, 2.24) is 9.62 Å². The van der Waals surface area contributed by atoms with Crippen LogP contribution in [0.5, 0.6) is 5.75 Å². The zero-order valence-electron chi connectivity index (χ0n) is 29.6.